The maximum Gasteiger partial charge on any atom is 0.356 e. The number of carboxylic acid groups (broad SMARTS) is 1. The lowest BCUT2D eigenvalue weighted by molar-refractivity contribution is -0.129. The van der Waals surface area contributed by atoms with Gasteiger partial charge < -0.3 is 10.4 Å². The molecule has 2 N–H and O–H groups in total. The van der Waals surface area contributed by atoms with E-state index in [2.05, 4.69) is 15.3 Å². The molecular weight excluding hydrogens is 294 g/mol. The molecule has 0 spiro atoms. The fraction of sp³-hybridized carbons (Fsp3) is 0.462. The Labute approximate surface area is 126 Å². The van der Waals surface area contributed by atoms with E-state index in [9.17, 15) is 14.4 Å². The smallest absolute Gasteiger partial charge is 0.356 e. The molecule has 1 aromatic heterocycles. The van der Waals surface area contributed by atoms with Crippen LogP contribution in [0.15, 0.2) is 10.4 Å². The molecule has 0 aliphatic heterocycles. The number of nitrogens with zero attached hydrogens (tertiary/aromatic N) is 2. The molecule has 0 aromatic carbocycles. The Bertz CT molecular complexity index is 566. The largest absolute Gasteiger partial charge is 0.476 e. The number of carbonyl (C=O) groups excluding carboxylic acids is 2. The average molecular weight is 311 g/mol. The Morgan fingerprint density at radius 2 is 2.14 bits per heavy atom. The van der Waals surface area contributed by atoms with Crippen LogP contribution in [0.2, 0.25) is 0 Å². The van der Waals surface area contributed by atoms with Crippen LogP contribution in [0.25, 0.3) is 0 Å². The molecule has 0 aliphatic carbocycles. The topological polar surface area (TPSA) is 109 Å². The molecule has 0 saturated heterocycles. The van der Waals surface area contributed by atoms with Crippen LogP contribution in [0.5, 0.6) is 0 Å². The summed E-state index contributed by atoms with van der Waals surface area (Å²) in [6, 6.07) is 0. The number of rotatable bonds is 8. The summed E-state index contributed by atoms with van der Waals surface area (Å²) in [7, 11) is 0. The molecule has 0 unspecified atom stereocenters. The summed E-state index contributed by atoms with van der Waals surface area (Å²) in [6.07, 6.45) is 0.352. The van der Waals surface area contributed by atoms with Gasteiger partial charge in [0, 0.05) is 18.5 Å². The van der Waals surface area contributed by atoms with Crippen LogP contribution in [0.4, 0.5) is 0 Å². The molecule has 1 rings (SSSR count). The van der Waals surface area contributed by atoms with Gasteiger partial charge in [-0.2, -0.15) is 0 Å². The predicted molar refractivity (Wildman–Crippen MR) is 78.8 cm³/mol. The summed E-state index contributed by atoms with van der Waals surface area (Å²) in [5.74, 6) is -1.65. The SMILES string of the molecule is CC(=O)CC(=O)NCCCN=C(C(=O)O)c1csc(C)n1. The zero-order valence-corrected chi connectivity index (χ0v) is 12.7. The molecular formula is C13H17N3O4S. The maximum absolute atomic E-state index is 11.2. The molecule has 114 valence electrons. The van der Waals surface area contributed by atoms with Gasteiger partial charge >= 0.3 is 5.97 Å². The fourth-order valence-electron chi connectivity index (χ4n) is 1.52. The van der Waals surface area contributed by atoms with Crippen molar-refractivity contribution >= 4 is 34.7 Å². The number of hydrogen-bond acceptors (Lipinski definition) is 6. The fourth-order valence-corrected chi connectivity index (χ4v) is 2.11. The van der Waals surface area contributed by atoms with E-state index in [4.69, 9.17) is 5.11 Å². The second-order valence-electron chi connectivity index (χ2n) is 4.37. The molecule has 0 radical (unpaired) electrons. The van der Waals surface area contributed by atoms with Crippen LogP contribution in [-0.4, -0.2) is 46.6 Å². The highest BCUT2D eigenvalue weighted by atomic mass is 32.1. The molecule has 21 heavy (non-hydrogen) atoms. The highest BCUT2D eigenvalue weighted by Gasteiger charge is 2.14. The van der Waals surface area contributed by atoms with Crippen LogP contribution in [-0.2, 0) is 14.4 Å². The van der Waals surface area contributed by atoms with E-state index in [0.29, 0.717) is 18.7 Å². The Hall–Kier alpha value is -2.09. The standard InChI is InChI=1S/C13H17N3O4S/c1-8(17)6-11(18)14-4-3-5-15-12(13(19)20)10-7-21-9(2)16-10/h7H,3-6H2,1-2H3,(H,14,18)(H,19,20). The number of carbonyl (C=O) groups is 3. The van der Waals surface area contributed by atoms with Gasteiger partial charge in [-0.05, 0) is 20.3 Å². The number of ketones is 1. The summed E-state index contributed by atoms with van der Waals surface area (Å²) >= 11 is 1.36. The maximum atomic E-state index is 11.2. The number of aliphatic imine (C=N–C) groups is 1. The molecule has 1 heterocycles. The molecule has 1 amide bonds. The van der Waals surface area contributed by atoms with Gasteiger partial charge in [0.25, 0.3) is 0 Å². The zero-order chi connectivity index (χ0) is 15.8. The monoisotopic (exact) mass is 311 g/mol. The minimum Gasteiger partial charge on any atom is -0.476 e. The Morgan fingerprint density at radius 3 is 2.67 bits per heavy atom. The molecule has 0 aliphatic rings. The van der Waals surface area contributed by atoms with Gasteiger partial charge in [-0.1, -0.05) is 0 Å². The van der Waals surface area contributed by atoms with Crippen molar-refractivity contribution in [2.24, 2.45) is 4.99 Å². The third-order valence-corrected chi connectivity index (χ3v) is 3.17. The number of hydrogen-bond donors (Lipinski definition) is 2. The van der Waals surface area contributed by atoms with Crippen molar-refractivity contribution in [2.75, 3.05) is 13.1 Å². The van der Waals surface area contributed by atoms with Gasteiger partial charge in [0.05, 0.1) is 11.4 Å². The van der Waals surface area contributed by atoms with Crippen molar-refractivity contribution in [3.63, 3.8) is 0 Å². The van der Waals surface area contributed by atoms with Crippen molar-refractivity contribution in [1.82, 2.24) is 10.3 Å². The molecule has 7 nitrogen and oxygen atoms in total. The van der Waals surface area contributed by atoms with E-state index in [-0.39, 0.29) is 30.4 Å². The molecule has 0 fully saturated rings. The summed E-state index contributed by atoms with van der Waals surface area (Å²) in [4.78, 5) is 41.2. The van der Waals surface area contributed by atoms with Crippen LogP contribution in [0.1, 0.15) is 30.5 Å². The van der Waals surface area contributed by atoms with Gasteiger partial charge in [-0.25, -0.2) is 9.78 Å². The van der Waals surface area contributed by atoms with Gasteiger partial charge in [-0.3, -0.25) is 14.6 Å². The normalized spacial score (nSPS) is 11.2. The van der Waals surface area contributed by atoms with Crippen LogP contribution >= 0.6 is 11.3 Å². The van der Waals surface area contributed by atoms with Gasteiger partial charge in [0.15, 0.2) is 5.71 Å². The van der Waals surface area contributed by atoms with Crippen molar-refractivity contribution in [3.8, 4) is 0 Å². The van der Waals surface area contributed by atoms with Crippen LogP contribution in [0, 0.1) is 6.92 Å². The van der Waals surface area contributed by atoms with Crippen LogP contribution < -0.4 is 5.32 Å². The van der Waals surface area contributed by atoms with Crippen molar-refractivity contribution in [1.29, 1.82) is 0 Å². The third kappa shape index (κ3) is 6.26. The predicted octanol–water partition coefficient (Wildman–Crippen LogP) is 0.811. The first-order chi connectivity index (χ1) is 9.90. The number of aliphatic carboxylic acids is 1. The van der Waals surface area contributed by atoms with E-state index in [1.54, 1.807) is 12.3 Å². The Balaban J connectivity index is 2.44. The van der Waals surface area contributed by atoms with Gasteiger partial charge in [0.2, 0.25) is 5.91 Å². The van der Waals surface area contributed by atoms with Crippen molar-refractivity contribution in [2.45, 2.75) is 26.7 Å². The minimum absolute atomic E-state index is 0.0746. The third-order valence-electron chi connectivity index (χ3n) is 2.40. The quantitative estimate of drug-likeness (QED) is 0.419. The summed E-state index contributed by atoms with van der Waals surface area (Å²) in [6.45, 7) is 3.74. The number of nitrogens with one attached hydrogen (secondary N) is 1. The first-order valence-electron chi connectivity index (χ1n) is 6.36. The molecule has 0 saturated carbocycles. The number of amides is 1. The lowest BCUT2D eigenvalue weighted by Crippen LogP contribution is -2.26. The minimum atomic E-state index is -1.12. The van der Waals surface area contributed by atoms with Crippen LogP contribution in [0.3, 0.4) is 0 Å². The summed E-state index contributed by atoms with van der Waals surface area (Å²) in [5.41, 5.74) is 0.278. The van der Waals surface area contributed by atoms with E-state index in [0.717, 1.165) is 5.01 Å². The lowest BCUT2D eigenvalue weighted by Gasteiger charge is -2.02. The number of aryl methyl sites for hydroxylation is 1. The Kier molecular flexibility index (Phi) is 6.67. The lowest BCUT2D eigenvalue weighted by atomic mass is 10.3. The highest BCUT2D eigenvalue weighted by Crippen LogP contribution is 2.09. The average Bonchev–Trinajstić information content (AvgIpc) is 2.78. The second-order valence-corrected chi connectivity index (χ2v) is 5.43. The van der Waals surface area contributed by atoms with Crippen molar-refractivity contribution < 1.29 is 19.5 Å². The van der Waals surface area contributed by atoms with Gasteiger partial charge in [0.1, 0.15) is 11.5 Å². The number of aromatic nitrogens is 1. The Morgan fingerprint density at radius 1 is 1.43 bits per heavy atom. The van der Waals surface area contributed by atoms with E-state index in [1.165, 1.54) is 18.3 Å². The zero-order valence-electron chi connectivity index (χ0n) is 11.9. The first-order valence-corrected chi connectivity index (χ1v) is 7.24. The number of thiazole rings is 1. The van der Waals surface area contributed by atoms with E-state index in [1.807, 2.05) is 0 Å². The summed E-state index contributed by atoms with van der Waals surface area (Å²) < 4.78 is 0. The molecule has 0 bridgehead atoms. The molecule has 1 aromatic rings. The van der Waals surface area contributed by atoms with E-state index < -0.39 is 5.97 Å². The molecule has 8 heteroatoms. The first kappa shape index (κ1) is 17.0. The molecule has 0 atom stereocenters. The summed E-state index contributed by atoms with van der Waals surface area (Å²) in [5, 5.41) is 14.1. The van der Waals surface area contributed by atoms with E-state index >= 15 is 0 Å². The second kappa shape index (κ2) is 8.25. The van der Waals surface area contributed by atoms with Crippen molar-refractivity contribution in [3.05, 3.63) is 16.1 Å². The number of Topliss-reactive ketones (excluding diaryl/α,β-unsaturated/α-hetero) is 1. The highest BCUT2D eigenvalue weighted by molar-refractivity contribution is 7.09. The number of carboxylic acids is 1. The van der Waals surface area contributed by atoms with Gasteiger partial charge in [-0.15, -0.1) is 11.3 Å².